The fourth-order valence-electron chi connectivity index (χ4n) is 2.13. The van der Waals surface area contributed by atoms with E-state index in [1.807, 2.05) is 0 Å². The summed E-state index contributed by atoms with van der Waals surface area (Å²) in [6, 6.07) is 4.40. The summed E-state index contributed by atoms with van der Waals surface area (Å²) in [5, 5.41) is 3.01. The van der Waals surface area contributed by atoms with E-state index in [9.17, 15) is 13.2 Å². The van der Waals surface area contributed by atoms with Gasteiger partial charge in [0.2, 0.25) is 0 Å². The Morgan fingerprint density at radius 3 is 2.65 bits per heavy atom. The van der Waals surface area contributed by atoms with Crippen molar-refractivity contribution in [3.63, 3.8) is 0 Å². The van der Waals surface area contributed by atoms with Crippen LogP contribution >= 0.6 is 11.8 Å². The van der Waals surface area contributed by atoms with Gasteiger partial charge >= 0.3 is 6.18 Å². The summed E-state index contributed by atoms with van der Waals surface area (Å²) in [6.45, 7) is 0.667. The number of anilines is 1. The Bertz CT molecular complexity index is 452. The molecule has 1 aliphatic heterocycles. The largest absolute Gasteiger partial charge is 0.418 e. The third-order valence-electron chi connectivity index (χ3n) is 3.46. The molecule has 1 fully saturated rings. The molecule has 17 heavy (non-hydrogen) atoms. The number of halogens is 3. The maximum absolute atomic E-state index is 12.9. The molecule has 0 bridgehead atoms. The molecule has 1 saturated carbocycles. The predicted octanol–water partition coefficient (Wildman–Crippen LogP) is 4.00. The first-order valence-electron chi connectivity index (χ1n) is 5.57. The number of hydrogen-bond acceptors (Lipinski definition) is 2. The Morgan fingerprint density at radius 2 is 2.00 bits per heavy atom. The monoisotopic (exact) mass is 259 g/mol. The summed E-state index contributed by atoms with van der Waals surface area (Å²) >= 11 is 1.55. The van der Waals surface area contributed by atoms with Crippen LogP contribution in [0, 0.1) is 5.41 Å². The first kappa shape index (κ1) is 11.3. The van der Waals surface area contributed by atoms with Crippen LogP contribution in [-0.2, 0) is 6.18 Å². The highest BCUT2D eigenvalue weighted by atomic mass is 32.2. The molecule has 1 nitrogen and oxygen atoms in total. The van der Waals surface area contributed by atoms with Crippen LogP contribution in [0.15, 0.2) is 23.1 Å². The summed E-state index contributed by atoms with van der Waals surface area (Å²) in [5.41, 5.74) is -0.0269. The fourth-order valence-corrected chi connectivity index (χ4v) is 3.48. The molecule has 1 heterocycles. The molecule has 0 aromatic heterocycles. The molecular formula is C12H12F3NS. The Labute approximate surface area is 102 Å². The van der Waals surface area contributed by atoms with E-state index in [0.717, 1.165) is 29.6 Å². The van der Waals surface area contributed by atoms with Crippen molar-refractivity contribution in [1.29, 1.82) is 0 Å². The van der Waals surface area contributed by atoms with Gasteiger partial charge in [-0.05, 0) is 30.4 Å². The first-order chi connectivity index (χ1) is 8.00. The van der Waals surface area contributed by atoms with Crippen LogP contribution in [0.2, 0.25) is 0 Å². The summed E-state index contributed by atoms with van der Waals surface area (Å²) in [6.07, 6.45) is -2.02. The van der Waals surface area contributed by atoms with Gasteiger partial charge in [0.25, 0.3) is 0 Å². The Kier molecular flexibility index (Phi) is 2.37. The number of nitrogens with one attached hydrogen (secondary N) is 1. The van der Waals surface area contributed by atoms with Crippen molar-refractivity contribution in [2.75, 3.05) is 17.6 Å². The quantitative estimate of drug-likeness (QED) is 0.755. The van der Waals surface area contributed by atoms with Crippen molar-refractivity contribution in [2.24, 2.45) is 5.41 Å². The van der Waals surface area contributed by atoms with Crippen LogP contribution in [0.4, 0.5) is 18.9 Å². The summed E-state index contributed by atoms with van der Waals surface area (Å²) in [5.74, 6) is 0.925. The van der Waals surface area contributed by atoms with Crippen molar-refractivity contribution in [3.05, 3.63) is 23.8 Å². The molecule has 1 spiro atoms. The van der Waals surface area contributed by atoms with E-state index in [0.29, 0.717) is 6.54 Å². The molecule has 0 saturated heterocycles. The summed E-state index contributed by atoms with van der Waals surface area (Å²) in [7, 11) is 0. The summed E-state index contributed by atoms with van der Waals surface area (Å²) < 4.78 is 38.6. The molecule has 0 radical (unpaired) electrons. The molecule has 0 amide bonds. The number of alkyl halides is 3. The SMILES string of the molecule is FC(F)(F)c1cccc2c1NCC1(CC1)CS2. The van der Waals surface area contributed by atoms with Crippen LogP contribution in [0.1, 0.15) is 18.4 Å². The highest BCUT2D eigenvalue weighted by molar-refractivity contribution is 7.99. The van der Waals surface area contributed by atoms with Crippen LogP contribution < -0.4 is 5.32 Å². The number of fused-ring (bicyclic) bond motifs is 1. The van der Waals surface area contributed by atoms with Gasteiger partial charge in [-0.25, -0.2) is 0 Å². The third-order valence-corrected chi connectivity index (χ3v) is 4.87. The molecule has 1 aromatic rings. The van der Waals surface area contributed by atoms with Gasteiger partial charge < -0.3 is 5.32 Å². The minimum atomic E-state index is -4.28. The van der Waals surface area contributed by atoms with E-state index in [4.69, 9.17) is 0 Å². The van der Waals surface area contributed by atoms with Gasteiger partial charge in [-0.15, -0.1) is 11.8 Å². The molecule has 2 aliphatic rings. The van der Waals surface area contributed by atoms with Crippen LogP contribution in [0.5, 0.6) is 0 Å². The van der Waals surface area contributed by atoms with E-state index in [1.165, 1.54) is 6.07 Å². The second kappa shape index (κ2) is 3.57. The fraction of sp³-hybridized carbons (Fsp3) is 0.500. The molecule has 5 heteroatoms. The first-order valence-corrected chi connectivity index (χ1v) is 6.56. The van der Waals surface area contributed by atoms with Crippen molar-refractivity contribution < 1.29 is 13.2 Å². The zero-order valence-corrected chi connectivity index (χ0v) is 9.92. The predicted molar refractivity (Wildman–Crippen MR) is 62.3 cm³/mol. The minimum Gasteiger partial charge on any atom is -0.383 e. The van der Waals surface area contributed by atoms with E-state index < -0.39 is 11.7 Å². The molecule has 0 unspecified atom stereocenters. The number of para-hydroxylation sites is 1. The number of hydrogen-bond donors (Lipinski definition) is 1. The zero-order chi connectivity index (χ0) is 12.1. The maximum atomic E-state index is 12.9. The van der Waals surface area contributed by atoms with Crippen molar-refractivity contribution in [2.45, 2.75) is 23.9 Å². The van der Waals surface area contributed by atoms with Gasteiger partial charge in [-0.2, -0.15) is 13.2 Å². The van der Waals surface area contributed by atoms with E-state index in [1.54, 1.807) is 17.8 Å². The van der Waals surface area contributed by atoms with Gasteiger partial charge in [-0.1, -0.05) is 6.07 Å². The highest BCUT2D eigenvalue weighted by Crippen LogP contribution is 2.53. The second-order valence-corrected chi connectivity index (χ2v) is 5.84. The summed E-state index contributed by atoms with van der Waals surface area (Å²) in [4.78, 5) is 0.726. The van der Waals surface area contributed by atoms with Crippen LogP contribution in [-0.4, -0.2) is 12.3 Å². The Morgan fingerprint density at radius 1 is 1.24 bits per heavy atom. The third kappa shape index (κ3) is 2.01. The van der Waals surface area contributed by atoms with Crippen molar-refractivity contribution in [3.8, 4) is 0 Å². The average molecular weight is 259 g/mol. The maximum Gasteiger partial charge on any atom is 0.418 e. The Balaban J connectivity index is 2.00. The number of rotatable bonds is 0. The number of benzene rings is 1. The van der Waals surface area contributed by atoms with E-state index >= 15 is 0 Å². The molecule has 1 N–H and O–H groups in total. The van der Waals surface area contributed by atoms with Gasteiger partial charge in [0.1, 0.15) is 0 Å². The van der Waals surface area contributed by atoms with Gasteiger partial charge in [0.15, 0.2) is 0 Å². The van der Waals surface area contributed by atoms with Gasteiger partial charge in [0.05, 0.1) is 11.3 Å². The lowest BCUT2D eigenvalue weighted by molar-refractivity contribution is -0.137. The van der Waals surface area contributed by atoms with Crippen LogP contribution in [0.3, 0.4) is 0 Å². The number of thioether (sulfide) groups is 1. The van der Waals surface area contributed by atoms with Gasteiger partial charge in [0, 0.05) is 17.2 Å². The molecule has 3 rings (SSSR count). The van der Waals surface area contributed by atoms with Crippen LogP contribution in [0.25, 0.3) is 0 Å². The topological polar surface area (TPSA) is 12.0 Å². The zero-order valence-electron chi connectivity index (χ0n) is 9.10. The van der Waals surface area contributed by atoms with Gasteiger partial charge in [-0.3, -0.25) is 0 Å². The Hall–Kier alpha value is -0.840. The second-order valence-electron chi connectivity index (χ2n) is 4.82. The van der Waals surface area contributed by atoms with Crippen molar-refractivity contribution in [1.82, 2.24) is 0 Å². The lowest BCUT2D eigenvalue weighted by Crippen LogP contribution is -2.17. The van der Waals surface area contributed by atoms with Crippen molar-refractivity contribution >= 4 is 17.4 Å². The lowest BCUT2D eigenvalue weighted by atomic mass is 10.1. The lowest BCUT2D eigenvalue weighted by Gasteiger charge is -2.16. The molecule has 0 atom stereocenters. The molecular weight excluding hydrogens is 247 g/mol. The highest BCUT2D eigenvalue weighted by Gasteiger charge is 2.45. The minimum absolute atomic E-state index is 0.243. The molecule has 92 valence electrons. The smallest absolute Gasteiger partial charge is 0.383 e. The van der Waals surface area contributed by atoms with E-state index in [-0.39, 0.29) is 11.1 Å². The standard InChI is InChI=1S/C12H12F3NS/c13-12(14,15)8-2-1-3-9-10(8)16-6-11(4-5-11)7-17-9/h1-3,16H,4-7H2. The average Bonchev–Trinajstić information content (AvgIpc) is 3.05. The van der Waals surface area contributed by atoms with E-state index in [2.05, 4.69) is 5.32 Å². The normalized spacial score (nSPS) is 21.6. The molecule has 1 aromatic carbocycles. The molecule has 1 aliphatic carbocycles.